The highest BCUT2D eigenvalue weighted by Crippen LogP contribution is 2.48. The van der Waals surface area contributed by atoms with Gasteiger partial charge in [-0.3, -0.25) is 4.79 Å². The van der Waals surface area contributed by atoms with Gasteiger partial charge in [0.05, 0.1) is 5.69 Å². The van der Waals surface area contributed by atoms with Crippen molar-refractivity contribution in [2.75, 3.05) is 5.32 Å². The Kier molecular flexibility index (Phi) is 2.61. The molecule has 0 unspecified atom stereocenters. The van der Waals surface area contributed by atoms with Crippen LogP contribution in [0.5, 0.6) is 0 Å². The quantitative estimate of drug-likeness (QED) is 0.835. The topological polar surface area (TPSA) is 29.1 Å². The highest BCUT2D eigenvalue weighted by atomic mass is 19.1. The Labute approximate surface area is 100 Å². The summed E-state index contributed by atoms with van der Waals surface area (Å²) < 4.78 is 13.4. The number of hydrogen-bond donors (Lipinski definition) is 1. The largest absolute Gasteiger partial charge is 0.323 e. The molecule has 90 valence electrons. The van der Waals surface area contributed by atoms with E-state index in [1.54, 1.807) is 18.2 Å². The molecule has 0 radical (unpaired) electrons. The normalized spacial score (nSPS) is 30.5. The van der Waals surface area contributed by atoms with Crippen molar-refractivity contribution in [3.8, 4) is 0 Å². The number of halogens is 1. The summed E-state index contributed by atoms with van der Waals surface area (Å²) in [5, 5.41) is 2.72. The van der Waals surface area contributed by atoms with Gasteiger partial charge in [-0.2, -0.15) is 0 Å². The third-order valence-electron chi connectivity index (χ3n) is 4.21. The molecule has 1 amide bonds. The number of benzene rings is 1. The standard InChI is InChI=1S/C14H16FNO/c15-12-3-1-2-4-13(12)16-14(17)11-8-9-5-6-10(11)7-9/h1-4,9-11H,5-8H2,(H,16,17)/t9-,10-,11+/m0/s1. The van der Waals surface area contributed by atoms with E-state index in [-0.39, 0.29) is 17.6 Å². The number of fused-ring (bicyclic) bond motifs is 2. The number of hydrogen-bond acceptors (Lipinski definition) is 1. The fourth-order valence-corrected chi connectivity index (χ4v) is 3.35. The molecular formula is C14H16FNO. The molecule has 3 rings (SSSR count). The number of amides is 1. The zero-order valence-corrected chi connectivity index (χ0v) is 9.66. The molecule has 3 heteroatoms. The number of anilines is 1. The van der Waals surface area contributed by atoms with Gasteiger partial charge in [0.15, 0.2) is 0 Å². The monoisotopic (exact) mass is 233 g/mol. The van der Waals surface area contributed by atoms with E-state index >= 15 is 0 Å². The Morgan fingerprint density at radius 2 is 2.06 bits per heavy atom. The fraction of sp³-hybridized carbons (Fsp3) is 0.500. The lowest BCUT2D eigenvalue weighted by atomic mass is 9.88. The van der Waals surface area contributed by atoms with E-state index < -0.39 is 0 Å². The van der Waals surface area contributed by atoms with Crippen LogP contribution in [0.2, 0.25) is 0 Å². The van der Waals surface area contributed by atoms with Gasteiger partial charge in [-0.05, 0) is 43.2 Å². The maximum absolute atomic E-state index is 13.4. The molecule has 0 aliphatic heterocycles. The molecule has 2 nitrogen and oxygen atoms in total. The summed E-state index contributed by atoms with van der Waals surface area (Å²) >= 11 is 0. The number of nitrogens with one attached hydrogen (secondary N) is 1. The van der Waals surface area contributed by atoms with Crippen molar-refractivity contribution < 1.29 is 9.18 Å². The van der Waals surface area contributed by atoms with E-state index in [0.717, 1.165) is 12.3 Å². The fourth-order valence-electron chi connectivity index (χ4n) is 3.35. The smallest absolute Gasteiger partial charge is 0.227 e. The second-order valence-electron chi connectivity index (χ2n) is 5.25. The van der Waals surface area contributed by atoms with E-state index in [0.29, 0.717) is 11.6 Å². The molecule has 1 aromatic rings. The van der Waals surface area contributed by atoms with Gasteiger partial charge >= 0.3 is 0 Å². The first-order valence-corrected chi connectivity index (χ1v) is 6.29. The highest BCUT2D eigenvalue weighted by Gasteiger charge is 2.43. The Hall–Kier alpha value is -1.38. The van der Waals surface area contributed by atoms with Gasteiger partial charge in [0, 0.05) is 5.92 Å². The maximum Gasteiger partial charge on any atom is 0.227 e. The maximum atomic E-state index is 13.4. The van der Waals surface area contributed by atoms with Crippen LogP contribution in [0.3, 0.4) is 0 Å². The minimum absolute atomic E-state index is 0.00213. The molecule has 2 aliphatic carbocycles. The Morgan fingerprint density at radius 1 is 1.24 bits per heavy atom. The van der Waals surface area contributed by atoms with Gasteiger partial charge in [-0.15, -0.1) is 0 Å². The Balaban J connectivity index is 1.70. The SMILES string of the molecule is O=C(Nc1ccccc1F)[C@@H]1C[C@H]2CC[C@H]1C2. The van der Waals surface area contributed by atoms with E-state index in [4.69, 9.17) is 0 Å². The summed E-state index contributed by atoms with van der Waals surface area (Å²) in [6, 6.07) is 6.35. The Morgan fingerprint density at radius 3 is 2.71 bits per heavy atom. The second-order valence-corrected chi connectivity index (χ2v) is 5.25. The molecule has 0 saturated heterocycles. The molecule has 17 heavy (non-hydrogen) atoms. The summed E-state index contributed by atoms with van der Waals surface area (Å²) in [5.41, 5.74) is 0.306. The van der Waals surface area contributed by atoms with Crippen molar-refractivity contribution in [2.24, 2.45) is 17.8 Å². The minimum atomic E-state index is -0.357. The number of carbonyl (C=O) groups is 1. The zero-order valence-electron chi connectivity index (χ0n) is 9.66. The summed E-state index contributed by atoms with van der Waals surface area (Å²) in [5.74, 6) is 1.02. The van der Waals surface area contributed by atoms with Gasteiger partial charge in [-0.1, -0.05) is 18.6 Å². The molecule has 2 saturated carbocycles. The lowest BCUT2D eigenvalue weighted by Crippen LogP contribution is -2.27. The minimum Gasteiger partial charge on any atom is -0.323 e. The van der Waals surface area contributed by atoms with Crippen molar-refractivity contribution in [3.05, 3.63) is 30.1 Å². The van der Waals surface area contributed by atoms with Gasteiger partial charge in [0.1, 0.15) is 5.82 Å². The van der Waals surface area contributed by atoms with Gasteiger partial charge in [0.25, 0.3) is 0 Å². The zero-order chi connectivity index (χ0) is 11.8. The van der Waals surface area contributed by atoms with Crippen LogP contribution < -0.4 is 5.32 Å². The van der Waals surface area contributed by atoms with E-state index in [1.807, 2.05) is 0 Å². The lowest BCUT2D eigenvalue weighted by molar-refractivity contribution is -0.121. The van der Waals surface area contributed by atoms with Crippen molar-refractivity contribution in [2.45, 2.75) is 25.7 Å². The molecule has 0 heterocycles. The average molecular weight is 233 g/mol. The first-order valence-electron chi connectivity index (χ1n) is 6.29. The van der Waals surface area contributed by atoms with Crippen LogP contribution in [0.1, 0.15) is 25.7 Å². The van der Waals surface area contributed by atoms with E-state index in [2.05, 4.69) is 5.32 Å². The number of para-hydroxylation sites is 1. The summed E-state index contributed by atoms with van der Waals surface area (Å²) in [4.78, 5) is 12.1. The predicted molar refractivity (Wildman–Crippen MR) is 64.0 cm³/mol. The number of carbonyl (C=O) groups excluding carboxylic acids is 1. The van der Waals surface area contributed by atoms with Crippen LogP contribution in [0, 0.1) is 23.6 Å². The summed E-state index contributed by atoms with van der Waals surface area (Å²) in [7, 11) is 0. The molecule has 0 aromatic heterocycles. The predicted octanol–water partition coefficient (Wildman–Crippen LogP) is 3.20. The van der Waals surface area contributed by atoms with Crippen molar-refractivity contribution in [3.63, 3.8) is 0 Å². The van der Waals surface area contributed by atoms with Crippen LogP contribution >= 0.6 is 0 Å². The van der Waals surface area contributed by atoms with Crippen LogP contribution in [0.4, 0.5) is 10.1 Å². The average Bonchev–Trinajstić information content (AvgIpc) is 2.94. The molecule has 3 atom stereocenters. The van der Waals surface area contributed by atoms with Gasteiger partial charge in [0.2, 0.25) is 5.91 Å². The van der Waals surface area contributed by atoms with Crippen molar-refractivity contribution in [1.82, 2.24) is 0 Å². The molecule has 1 N–H and O–H groups in total. The molecule has 1 aromatic carbocycles. The summed E-state index contributed by atoms with van der Waals surface area (Å²) in [6.45, 7) is 0. The highest BCUT2D eigenvalue weighted by molar-refractivity contribution is 5.93. The van der Waals surface area contributed by atoms with Crippen LogP contribution in [-0.2, 0) is 4.79 Å². The molecule has 2 bridgehead atoms. The van der Waals surface area contributed by atoms with Gasteiger partial charge in [-0.25, -0.2) is 4.39 Å². The third kappa shape index (κ3) is 1.94. The van der Waals surface area contributed by atoms with Crippen LogP contribution in [-0.4, -0.2) is 5.91 Å². The number of rotatable bonds is 2. The van der Waals surface area contributed by atoms with Crippen molar-refractivity contribution >= 4 is 11.6 Å². The molecular weight excluding hydrogens is 217 g/mol. The molecule has 2 fully saturated rings. The molecule has 2 aliphatic rings. The summed E-state index contributed by atoms with van der Waals surface area (Å²) in [6.07, 6.45) is 4.62. The van der Waals surface area contributed by atoms with Gasteiger partial charge < -0.3 is 5.32 Å². The van der Waals surface area contributed by atoms with Crippen LogP contribution in [0.15, 0.2) is 24.3 Å². The van der Waals surface area contributed by atoms with Crippen LogP contribution in [0.25, 0.3) is 0 Å². The first-order chi connectivity index (χ1) is 8.24. The van der Waals surface area contributed by atoms with E-state index in [1.165, 1.54) is 25.3 Å². The Bertz CT molecular complexity index is 446. The lowest BCUT2D eigenvalue weighted by Gasteiger charge is -2.20. The first kappa shape index (κ1) is 10.8. The van der Waals surface area contributed by atoms with Crippen molar-refractivity contribution in [1.29, 1.82) is 0 Å². The molecule has 0 spiro atoms. The van der Waals surface area contributed by atoms with E-state index in [9.17, 15) is 9.18 Å². The second kappa shape index (κ2) is 4.13. The third-order valence-corrected chi connectivity index (χ3v) is 4.21.